The molecule has 2 amide bonds. The Bertz CT molecular complexity index is 568. The first-order valence-corrected chi connectivity index (χ1v) is 10.4. The highest BCUT2D eigenvalue weighted by Gasteiger charge is 2.12. The van der Waals surface area contributed by atoms with E-state index < -0.39 is 0 Å². The van der Waals surface area contributed by atoms with Crippen LogP contribution in [-0.2, 0) is 9.59 Å². The molecule has 0 saturated carbocycles. The normalized spacial score (nSPS) is 10.5. The molecule has 1 aromatic carbocycles. The van der Waals surface area contributed by atoms with E-state index in [9.17, 15) is 9.59 Å². The lowest BCUT2D eigenvalue weighted by molar-refractivity contribution is -0.131. The number of anilines is 1. The minimum atomic E-state index is 0.0284. The van der Waals surface area contributed by atoms with Crippen LogP contribution in [0.1, 0.15) is 58.4 Å². The zero-order chi connectivity index (χ0) is 20.1. The van der Waals surface area contributed by atoms with Crippen LogP contribution in [0.4, 0.5) is 5.69 Å². The highest BCUT2D eigenvalue weighted by Crippen LogP contribution is 2.15. The van der Waals surface area contributed by atoms with E-state index in [1.807, 2.05) is 4.90 Å². The Morgan fingerprint density at radius 2 is 1.70 bits per heavy atom. The predicted octanol–water partition coefficient (Wildman–Crippen LogP) is 3.76. The third kappa shape index (κ3) is 8.94. The van der Waals surface area contributed by atoms with Crippen molar-refractivity contribution in [1.29, 1.82) is 0 Å². The predicted molar refractivity (Wildman–Crippen MR) is 113 cm³/mol. The molecule has 152 valence electrons. The van der Waals surface area contributed by atoms with Gasteiger partial charge in [-0.3, -0.25) is 9.59 Å². The highest BCUT2D eigenvalue weighted by atomic mass is 16.2. The number of likely N-dealkylation sites (N-methyl/N-ethyl adjacent to an activating group) is 1. The summed E-state index contributed by atoms with van der Waals surface area (Å²) < 4.78 is 0. The number of aryl methyl sites for hydroxylation is 1. The number of carbonyl (C=O) groups is 2. The van der Waals surface area contributed by atoms with Crippen molar-refractivity contribution in [2.45, 2.75) is 59.8 Å². The lowest BCUT2D eigenvalue weighted by atomic mass is 10.2. The summed E-state index contributed by atoms with van der Waals surface area (Å²) in [5.41, 5.74) is 2.42. The van der Waals surface area contributed by atoms with Crippen molar-refractivity contribution in [2.75, 3.05) is 37.6 Å². The Morgan fingerprint density at radius 3 is 2.30 bits per heavy atom. The van der Waals surface area contributed by atoms with E-state index in [2.05, 4.69) is 62.2 Å². The second-order valence-corrected chi connectivity index (χ2v) is 7.00. The van der Waals surface area contributed by atoms with Gasteiger partial charge in [-0.15, -0.1) is 0 Å². The zero-order valence-electron chi connectivity index (χ0n) is 17.6. The summed E-state index contributed by atoms with van der Waals surface area (Å²) in [4.78, 5) is 28.4. The molecule has 0 fully saturated rings. The van der Waals surface area contributed by atoms with Gasteiger partial charge in [-0.1, -0.05) is 26.0 Å². The van der Waals surface area contributed by atoms with Crippen molar-refractivity contribution in [3.05, 3.63) is 29.8 Å². The smallest absolute Gasteiger partial charge is 0.222 e. The highest BCUT2D eigenvalue weighted by molar-refractivity contribution is 5.79. The van der Waals surface area contributed by atoms with Crippen molar-refractivity contribution in [2.24, 2.45) is 0 Å². The number of rotatable bonds is 13. The quantitative estimate of drug-likeness (QED) is 0.571. The van der Waals surface area contributed by atoms with Gasteiger partial charge >= 0.3 is 0 Å². The van der Waals surface area contributed by atoms with Crippen molar-refractivity contribution >= 4 is 17.5 Å². The largest absolute Gasteiger partial charge is 0.370 e. The van der Waals surface area contributed by atoms with Crippen LogP contribution < -0.4 is 10.2 Å². The van der Waals surface area contributed by atoms with Gasteiger partial charge in [-0.05, 0) is 50.8 Å². The van der Waals surface area contributed by atoms with Gasteiger partial charge in [0.15, 0.2) is 0 Å². The molecule has 0 atom stereocenters. The average Bonchev–Trinajstić information content (AvgIpc) is 2.65. The molecule has 0 radical (unpaired) electrons. The second-order valence-electron chi connectivity index (χ2n) is 7.00. The molecule has 0 aromatic heterocycles. The van der Waals surface area contributed by atoms with E-state index in [4.69, 9.17) is 0 Å². The van der Waals surface area contributed by atoms with E-state index in [1.165, 1.54) is 11.3 Å². The molecule has 0 unspecified atom stereocenters. The fraction of sp³-hybridized carbons (Fsp3) is 0.636. The van der Waals surface area contributed by atoms with Gasteiger partial charge in [0, 0.05) is 51.3 Å². The molecule has 0 aliphatic carbocycles. The molecule has 0 heterocycles. The number of amides is 2. The SMILES string of the molecule is CCCN(CCC)C(=O)CCCC(=O)NCCN(CC)c1cccc(C)c1. The van der Waals surface area contributed by atoms with Gasteiger partial charge in [0.2, 0.25) is 11.8 Å². The molecule has 1 aromatic rings. The Morgan fingerprint density at radius 1 is 1.00 bits per heavy atom. The van der Waals surface area contributed by atoms with Crippen LogP contribution in [0.25, 0.3) is 0 Å². The Hall–Kier alpha value is -2.04. The van der Waals surface area contributed by atoms with Crippen molar-refractivity contribution in [3.8, 4) is 0 Å². The maximum Gasteiger partial charge on any atom is 0.222 e. The molecule has 5 nitrogen and oxygen atoms in total. The maximum absolute atomic E-state index is 12.2. The van der Waals surface area contributed by atoms with E-state index in [0.29, 0.717) is 25.8 Å². The summed E-state index contributed by atoms with van der Waals surface area (Å²) in [6.07, 6.45) is 3.43. The van der Waals surface area contributed by atoms with Gasteiger partial charge in [0.1, 0.15) is 0 Å². The number of hydrogen-bond acceptors (Lipinski definition) is 3. The van der Waals surface area contributed by atoms with E-state index in [0.717, 1.165) is 39.0 Å². The van der Waals surface area contributed by atoms with Gasteiger partial charge in [-0.2, -0.15) is 0 Å². The van der Waals surface area contributed by atoms with Crippen LogP contribution in [0.15, 0.2) is 24.3 Å². The van der Waals surface area contributed by atoms with E-state index in [1.54, 1.807) is 0 Å². The summed E-state index contributed by atoms with van der Waals surface area (Å²) in [7, 11) is 0. The minimum absolute atomic E-state index is 0.0284. The Labute approximate surface area is 165 Å². The van der Waals surface area contributed by atoms with Crippen molar-refractivity contribution < 1.29 is 9.59 Å². The van der Waals surface area contributed by atoms with Crippen molar-refractivity contribution in [1.82, 2.24) is 10.2 Å². The van der Waals surface area contributed by atoms with Gasteiger partial charge in [0.05, 0.1) is 0 Å². The van der Waals surface area contributed by atoms with Crippen molar-refractivity contribution in [3.63, 3.8) is 0 Å². The third-order valence-electron chi connectivity index (χ3n) is 4.59. The monoisotopic (exact) mass is 375 g/mol. The van der Waals surface area contributed by atoms with Crippen LogP contribution >= 0.6 is 0 Å². The molecule has 0 spiro atoms. The number of nitrogens with one attached hydrogen (secondary N) is 1. The summed E-state index contributed by atoms with van der Waals surface area (Å²) >= 11 is 0. The molecule has 5 heteroatoms. The molecule has 0 aliphatic heterocycles. The van der Waals surface area contributed by atoms with Crippen LogP contribution in [0.2, 0.25) is 0 Å². The fourth-order valence-electron chi connectivity index (χ4n) is 3.17. The standard InChI is InChI=1S/C22H37N3O2/c1-5-15-25(16-6-2)22(27)13-9-12-21(26)23-14-17-24(7-3)20-11-8-10-19(4)18-20/h8,10-11,18H,5-7,9,12-17H2,1-4H3,(H,23,26). The molecule has 27 heavy (non-hydrogen) atoms. The minimum Gasteiger partial charge on any atom is -0.370 e. The zero-order valence-corrected chi connectivity index (χ0v) is 17.6. The van der Waals surface area contributed by atoms with E-state index in [-0.39, 0.29) is 11.8 Å². The molecular formula is C22H37N3O2. The first kappa shape index (κ1) is 23.0. The van der Waals surface area contributed by atoms with Crippen LogP contribution in [0.3, 0.4) is 0 Å². The van der Waals surface area contributed by atoms with Crippen LogP contribution in [0.5, 0.6) is 0 Å². The second kappa shape index (κ2) is 13.2. The molecular weight excluding hydrogens is 338 g/mol. The van der Waals surface area contributed by atoms with Crippen LogP contribution in [-0.4, -0.2) is 49.4 Å². The van der Waals surface area contributed by atoms with Crippen LogP contribution in [0, 0.1) is 6.92 Å². The molecule has 0 saturated heterocycles. The number of hydrogen-bond donors (Lipinski definition) is 1. The molecule has 1 rings (SSSR count). The summed E-state index contributed by atoms with van der Waals surface area (Å²) in [6, 6.07) is 8.41. The number of nitrogens with zero attached hydrogens (tertiary/aromatic N) is 2. The summed E-state index contributed by atoms with van der Waals surface area (Å²) in [5, 5.41) is 2.98. The fourth-order valence-corrected chi connectivity index (χ4v) is 3.17. The van der Waals surface area contributed by atoms with Gasteiger partial charge in [0.25, 0.3) is 0 Å². The lowest BCUT2D eigenvalue weighted by Crippen LogP contribution is -2.35. The molecule has 1 N–H and O–H groups in total. The van der Waals surface area contributed by atoms with E-state index >= 15 is 0 Å². The Balaban J connectivity index is 2.29. The Kier molecular flexibility index (Phi) is 11.2. The molecule has 0 bridgehead atoms. The number of benzene rings is 1. The average molecular weight is 376 g/mol. The van der Waals surface area contributed by atoms with Gasteiger partial charge in [-0.25, -0.2) is 0 Å². The first-order valence-electron chi connectivity index (χ1n) is 10.4. The molecule has 0 aliphatic rings. The maximum atomic E-state index is 12.2. The summed E-state index contributed by atoms with van der Waals surface area (Å²) in [6.45, 7) is 12.3. The topological polar surface area (TPSA) is 52.7 Å². The third-order valence-corrected chi connectivity index (χ3v) is 4.59. The lowest BCUT2D eigenvalue weighted by Gasteiger charge is -2.23. The number of carbonyl (C=O) groups excluding carboxylic acids is 2. The van der Waals surface area contributed by atoms with Gasteiger partial charge < -0.3 is 15.1 Å². The first-order chi connectivity index (χ1) is 13.0. The summed E-state index contributed by atoms with van der Waals surface area (Å²) in [5.74, 6) is 0.198.